The Morgan fingerprint density at radius 1 is 1.21 bits per heavy atom. The quantitative estimate of drug-likeness (QED) is 0.768. The Labute approximate surface area is 138 Å². The number of anilines is 1. The van der Waals surface area contributed by atoms with Crippen molar-refractivity contribution in [3.8, 4) is 11.3 Å². The first kappa shape index (κ1) is 15.5. The lowest BCUT2D eigenvalue weighted by Gasteiger charge is -2.10. The molecule has 3 aromatic rings. The minimum atomic E-state index is -0.627. The molecular weight excluding hydrogens is 308 g/mol. The van der Waals surface area contributed by atoms with Crippen LogP contribution >= 0.6 is 0 Å². The van der Waals surface area contributed by atoms with E-state index >= 15 is 0 Å². The molecule has 2 amide bonds. The monoisotopic (exact) mass is 324 g/mol. The summed E-state index contributed by atoms with van der Waals surface area (Å²) in [6.45, 7) is 1.89. The summed E-state index contributed by atoms with van der Waals surface area (Å²) in [5.41, 5.74) is 7.93. The van der Waals surface area contributed by atoms with Crippen LogP contribution in [0.3, 0.4) is 0 Å². The molecule has 0 aliphatic carbocycles. The number of primary amides is 1. The van der Waals surface area contributed by atoms with E-state index in [1.54, 1.807) is 31.4 Å². The van der Waals surface area contributed by atoms with E-state index < -0.39 is 5.91 Å². The maximum atomic E-state index is 12.3. The topological polar surface area (TPSA) is 103 Å². The van der Waals surface area contributed by atoms with Crippen LogP contribution in [-0.4, -0.2) is 21.6 Å². The zero-order chi connectivity index (χ0) is 17.3. The average molecular weight is 324 g/mol. The number of amides is 2. The van der Waals surface area contributed by atoms with E-state index in [2.05, 4.69) is 10.4 Å². The Hall–Kier alpha value is -3.35. The predicted octanol–water partition coefficient (Wildman–Crippen LogP) is 2.34. The number of aromatic nitrogens is 2. The van der Waals surface area contributed by atoms with Crippen LogP contribution in [0.5, 0.6) is 0 Å². The summed E-state index contributed by atoms with van der Waals surface area (Å²) in [4.78, 5) is 23.5. The average Bonchev–Trinajstić information content (AvgIpc) is 3.18. The highest BCUT2D eigenvalue weighted by Gasteiger charge is 2.14. The molecule has 0 atom stereocenters. The van der Waals surface area contributed by atoms with Gasteiger partial charge in [0.15, 0.2) is 5.76 Å². The number of aryl methyl sites for hydroxylation is 2. The Bertz CT molecular complexity index is 924. The summed E-state index contributed by atoms with van der Waals surface area (Å²) in [6, 6.07) is 10.3. The molecule has 0 radical (unpaired) electrons. The minimum absolute atomic E-state index is 0.0889. The number of hydrogen-bond donors (Lipinski definition) is 2. The van der Waals surface area contributed by atoms with Crippen molar-refractivity contribution < 1.29 is 14.0 Å². The Balaban J connectivity index is 1.90. The highest BCUT2D eigenvalue weighted by atomic mass is 16.3. The second kappa shape index (κ2) is 6.04. The standard InChI is InChI=1S/C17H16N4O3/c1-10-3-4-11(14-5-6-15(24-14)16(18)22)9-12(10)20-17(23)13-7-8-19-21(13)2/h3-9H,1-2H3,(H2,18,22)(H,20,23). The molecule has 3 rings (SSSR count). The van der Waals surface area contributed by atoms with Gasteiger partial charge >= 0.3 is 0 Å². The van der Waals surface area contributed by atoms with Crippen LogP contribution in [0.15, 0.2) is 47.0 Å². The lowest BCUT2D eigenvalue weighted by atomic mass is 10.1. The number of rotatable bonds is 4. The third-order valence-corrected chi connectivity index (χ3v) is 3.67. The Morgan fingerprint density at radius 3 is 2.62 bits per heavy atom. The fourth-order valence-corrected chi connectivity index (χ4v) is 2.32. The molecular formula is C17H16N4O3. The number of furan rings is 1. The van der Waals surface area contributed by atoms with Gasteiger partial charge in [0.2, 0.25) is 0 Å². The smallest absolute Gasteiger partial charge is 0.284 e. The van der Waals surface area contributed by atoms with Crippen molar-refractivity contribution in [2.75, 3.05) is 5.32 Å². The van der Waals surface area contributed by atoms with E-state index in [1.165, 1.54) is 10.7 Å². The number of nitrogens with two attached hydrogens (primary N) is 1. The molecule has 0 unspecified atom stereocenters. The lowest BCUT2D eigenvalue weighted by Crippen LogP contribution is -2.16. The molecule has 2 aromatic heterocycles. The molecule has 2 heterocycles. The SMILES string of the molecule is Cc1ccc(-c2ccc(C(N)=O)o2)cc1NC(=O)c1ccnn1C. The summed E-state index contributed by atoms with van der Waals surface area (Å²) >= 11 is 0. The maximum Gasteiger partial charge on any atom is 0.284 e. The fraction of sp³-hybridized carbons (Fsp3) is 0.118. The van der Waals surface area contributed by atoms with Gasteiger partial charge in [-0.05, 0) is 36.8 Å². The molecule has 0 fully saturated rings. The van der Waals surface area contributed by atoms with Crippen LogP contribution in [0.25, 0.3) is 11.3 Å². The van der Waals surface area contributed by atoms with E-state index in [-0.39, 0.29) is 11.7 Å². The molecule has 0 aliphatic rings. The summed E-state index contributed by atoms with van der Waals surface area (Å²) in [5.74, 6) is -0.295. The highest BCUT2D eigenvalue weighted by molar-refractivity contribution is 6.03. The van der Waals surface area contributed by atoms with Crippen molar-refractivity contribution in [2.24, 2.45) is 12.8 Å². The first-order chi connectivity index (χ1) is 11.5. The second-order valence-electron chi connectivity index (χ2n) is 5.35. The summed E-state index contributed by atoms with van der Waals surface area (Å²) in [6.07, 6.45) is 1.56. The largest absolute Gasteiger partial charge is 0.451 e. The van der Waals surface area contributed by atoms with Crippen molar-refractivity contribution in [3.63, 3.8) is 0 Å². The molecule has 24 heavy (non-hydrogen) atoms. The van der Waals surface area contributed by atoms with Crippen molar-refractivity contribution in [1.29, 1.82) is 0 Å². The lowest BCUT2D eigenvalue weighted by molar-refractivity contribution is 0.0973. The van der Waals surface area contributed by atoms with E-state index in [4.69, 9.17) is 10.2 Å². The Morgan fingerprint density at radius 2 is 2.00 bits per heavy atom. The van der Waals surface area contributed by atoms with Crippen molar-refractivity contribution in [1.82, 2.24) is 9.78 Å². The van der Waals surface area contributed by atoms with Gasteiger partial charge in [-0.1, -0.05) is 12.1 Å². The summed E-state index contributed by atoms with van der Waals surface area (Å²) < 4.78 is 6.92. The van der Waals surface area contributed by atoms with Gasteiger partial charge < -0.3 is 15.5 Å². The molecule has 0 aliphatic heterocycles. The molecule has 122 valence electrons. The van der Waals surface area contributed by atoms with Crippen LogP contribution in [0, 0.1) is 6.92 Å². The van der Waals surface area contributed by atoms with Gasteiger partial charge in [0.25, 0.3) is 11.8 Å². The van der Waals surface area contributed by atoms with Gasteiger partial charge in [-0.2, -0.15) is 5.10 Å². The van der Waals surface area contributed by atoms with Crippen molar-refractivity contribution in [3.05, 3.63) is 59.6 Å². The second-order valence-corrected chi connectivity index (χ2v) is 5.35. The molecule has 0 bridgehead atoms. The predicted molar refractivity (Wildman–Crippen MR) is 88.6 cm³/mol. The normalized spacial score (nSPS) is 10.6. The molecule has 0 spiro atoms. The third-order valence-electron chi connectivity index (χ3n) is 3.67. The molecule has 1 aromatic carbocycles. The zero-order valence-corrected chi connectivity index (χ0v) is 13.2. The van der Waals surface area contributed by atoms with Crippen LogP contribution in [0.2, 0.25) is 0 Å². The van der Waals surface area contributed by atoms with Gasteiger partial charge in [0, 0.05) is 24.5 Å². The molecule has 7 heteroatoms. The van der Waals surface area contributed by atoms with E-state index in [0.717, 1.165) is 11.1 Å². The van der Waals surface area contributed by atoms with Gasteiger partial charge in [0.1, 0.15) is 11.5 Å². The third kappa shape index (κ3) is 2.91. The van der Waals surface area contributed by atoms with Crippen LogP contribution in [0.4, 0.5) is 5.69 Å². The summed E-state index contributed by atoms with van der Waals surface area (Å²) in [7, 11) is 1.70. The number of nitrogens with zero attached hydrogens (tertiary/aromatic N) is 2. The zero-order valence-electron chi connectivity index (χ0n) is 13.2. The minimum Gasteiger partial charge on any atom is -0.451 e. The van der Waals surface area contributed by atoms with Gasteiger partial charge in [0.05, 0.1) is 0 Å². The number of carbonyl (C=O) groups excluding carboxylic acids is 2. The van der Waals surface area contributed by atoms with Gasteiger partial charge in [-0.3, -0.25) is 14.3 Å². The van der Waals surface area contributed by atoms with E-state index in [1.807, 2.05) is 19.1 Å². The Kier molecular flexibility index (Phi) is 3.91. The van der Waals surface area contributed by atoms with Gasteiger partial charge in [-0.15, -0.1) is 0 Å². The van der Waals surface area contributed by atoms with Crippen LogP contribution < -0.4 is 11.1 Å². The molecule has 3 N–H and O–H groups in total. The first-order valence-corrected chi connectivity index (χ1v) is 7.25. The van der Waals surface area contributed by atoms with Gasteiger partial charge in [-0.25, -0.2) is 0 Å². The molecule has 0 saturated heterocycles. The maximum absolute atomic E-state index is 12.3. The number of hydrogen-bond acceptors (Lipinski definition) is 4. The first-order valence-electron chi connectivity index (χ1n) is 7.25. The fourth-order valence-electron chi connectivity index (χ4n) is 2.32. The van der Waals surface area contributed by atoms with Crippen molar-refractivity contribution in [2.45, 2.75) is 6.92 Å². The summed E-state index contributed by atoms with van der Waals surface area (Å²) in [5, 5.41) is 6.84. The highest BCUT2D eigenvalue weighted by Crippen LogP contribution is 2.27. The van der Waals surface area contributed by atoms with E-state index in [0.29, 0.717) is 17.1 Å². The number of nitrogens with one attached hydrogen (secondary N) is 1. The van der Waals surface area contributed by atoms with Crippen LogP contribution in [-0.2, 0) is 7.05 Å². The van der Waals surface area contributed by atoms with E-state index in [9.17, 15) is 9.59 Å². The van der Waals surface area contributed by atoms with Crippen LogP contribution in [0.1, 0.15) is 26.6 Å². The van der Waals surface area contributed by atoms with Crippen molar-refractivity contribution >= 4 is 17.5 Å². The number of benzene rings is 1. The molecule has 7 nitrogen and oxygen atoms in total. The molecule has 0 saturated carbocycles. The number of carbonyl (C=O) groups is 2.